The molecule has 1 aromatic rings. The number of halogens is 2. The Bertz CT molecular complexity index is 478. The highest BCUT2D eigenvalue weighted by atomic mass is 19.1. The minimum absolute atomic E-state index is 0.0558. The van der Waals surface area contributed by atoms with Crippen molar-refractivity contribution in [3.05, 3.63) is 34.9 Å². The highest BCUT2D eigenvalue weighted by Gasteiger charge is 2.66. The fourth-order valence-corrected chi connectivity index (χ4v) is 3.24. The highest BCUT2D eigenvalue weighted by molar-refractivity contribution is 5.31. The van der Waals surface area contributed by atoms with E-state index in [0.717, 1.165) is 0 Å². The summed E-state index contributed by atoms with van der Waals surface area (Å²) in [6, 6.07) is 2.03. The number of rotatable bonds is 2. The summed E-state index contributed by atoms with van der Waals surface area (Å²) in [5.74, 6) is -0.625. The second kappa shape index (κ2) is 3.77. The van der Waals surface area contributed by atoms with Gasteiger partial charge >= 0.3 is 0 Å². The Morgan fingerprint density at radius 3 is 2.00 bits per heavy atom. The van der Waals surface area contributed by atoms with Gasteiger partial charge in [0.15, 0.2) is 0 Å². The molecule has 0 amide bonds. The maximum atomic E-state index is 13.9. The average molecular weight is 253 g/mol. The van der Waals surface area contributed by atoms with Crippen LogP contribution >= 0.6 is 0 Å². The summed E-state index contributed by atoms with van der Waals surface area (Å²) in [4.78, 5) is 0. The molecule has 2 rings (SSSR count). The van der Waals surface area contributed by atoms with E-state index in [0.29, 0.717) is 11.1 Å². The predicted molar refractivity (Wildman–Crippen MR) is 69.1 cm³/mol. The maximum absolute atomic E-state index is 13.9. The molecule has 0 radical (unpaired) electrons. The first-order valence-corrected chi connectivity index (χ1v) is 6.32. The van der Waals surface area contributed by atoms with E-state index in [1.165, 1.54) is 12.1 Å². The van der Waals surface area contributed by atoms with Crippen LogP contribution in [-0.2, 0) is 0 Å². The standard InChI is InChI=1S/C15H21F2N/c1-8-6-11(17)9(7-10(8)16)12(18)13-14(2,3)15(13,4)5/h6-7,12-13H,18H2,1-5H3. The van der Waals surface area contributed by atoms with Crippen molar-refractivity contribution in [2.75, 3.05) is 0 Å². The van der Waals surface area contributed by atoms with Gasteiger partial charge in [0.25, 0.3) is 0 Å². The topological polar surface area (TPSA) is 26.0 Å². The lowest BCUT2D eigenvalue weighted by Crippen LogP contribution is -2.18. The summed E-state index contributed by atoms with van der Waals surface area (Å²) >= 11 is 0. The number of hydrogen-bond acceptors (Lipinski definition) is 1. The van der Waals surface area contributed by atoms with E-state index < -0.39 is 17.7 Å². The summed E-state index contributed by atoms with van der Waals surface area (Å²) in [6.45, 7) is 10.1. The van der Waals surface area contributed by atoms with Gasteiger partial charge in [-0.1, -0.05) is 27.7 Å². The van der Waals surface area contributed by atoms with E-state index >= 15 is 0 Å². The minimum Gasteiger partial charge on any atom is -0.324 e. The van der Waals surface area contributed by atoms with Gasteiger partial charge in [0.05, 0.1) is 0 Å². The lowest BCUT2D eigenvalue weighted by Gasteiger charge is -2.16. The lowest BCUT2D eigenvalue weighted by atomic mass is 9.96. The van der Waals surface area contributed by atoms with E-state index in [2.05, 4.69) is 27.7 Å². The van der Waals surface area contributed by atoms with Crippen molar-refractivity contribution < 1.29 is 8.78 Å². The first kappa shape index (κ1) is 13.5. The van der Waals surface area contributed by atoms with Gasteiger partial charge in [-0.05, 0) is 41.4 Å². The SMILES string of the molecule is Cc1cc(F)c(C(N)C2C(C)(C)C2(C)C)cc1F. The normalized spacial score (nSPS) is 22.9. The number of benzene rings is 1. The van der Waals surface area contributed by atoms with Crippen molar-refractivity contribution in [3.63, 3.8) is 0 Å². The van der Waals surface area contributed by atoms with E-state index in [1.54, 1.807) is 6.92 Å². The molecule has 0 spiro atoms. The molecule has 0 heterocycles. The molecule has 2 N–H and O–H groups in total. The number of nitrogens with two attached hydrogens (primary N) is 1. The van der Waals surface area contributed by atoms with Gasteiger partial charge < -0.3 is 5.73 Å². The zero-order valence-electron chi connectivity index (χ0n) is 11.6. The van der Waals surface area contributed by atoms with Crippen molar-refractivity contribution >= 4 is 0 Å². The van der Waals surface area contributed by atoms with E-state index in [1.807, 2.05) is 0 Å². The fraction of sp³-hybridized carbons (Fsp3) is 0.600. The predicted octanol–water partition coefficient (Wildman–Crippen LogP) is 3.96. The summed E-state index contributed by atoms with van der Waals surface area (Å²) in [5.41, 5.74) is 6.89. The van der Waals surface area contributed by atoms with Gasteiger partial charge in [0.1, 0.15) is 11.6 Å². The van der Waals surface area contributed by atoms with Crippen LogP contribution in [0, 0.1) is 35.3 Å². The molecule has 1 atom stereocenters. The second-order valence-electron chi connectivity index (χ2n) is 6.57. The zero-order chi connectivity index (χ0) is 13.9. The molecule has 1 unspecified atom stereocenters. The van der Waals surface area contributed by atoms with Crippen LogP contribution in [0.4, 0.5) is 8.78 Å². The smallest absolute Gasteiger partial charge is 0.128 e. The van der Waals surface area contributed by atoms with Crippen LogP contribution in [0.25, 0.3) is 0 Å². The third-order valence-corrected chi connectivity index (χ3v) is 5.13. The minimum atomic E-state index is -0.454. The molecular formula is C15H21F2N. The van der Waals surface area contributed by atoms with Gasteiger partial charge in [-0.3, -0.25) is 0 Å². The van der Waals surface area contributed by atoms with E-state index in [4.69, 9.17) is 5.73 Å². The molecule has 1 aromatic carbocycles. The van der Waals surface area contributed by atoms with Gasteiger partial charge in [0, 0.05) is 11.6 Å². The van der Waals surface area contributed by atoms with Crippen LogP contribution in [-0.4, -0.2) is 0 Å². The van der Waals surface area contributed by atoms with Crippen LogP contribution in [0.2, 0.25) is 0 Å². The van der Waals surface area contributed by atoms with Crippen molar-refractivity contribution in [2.24, 2.45) is 22.5 Å². The van der Waals surface area contributed by atoms with Crippen molar-refractivity contribution in [3.8, 4) is 0 Å². The Morgan fingerprint density at radius 2 is 1.56 bits per heavy atom. The van der Waals surface area contributed by atoms with Crippen molar-refractivity contribution in [1.82, 2.24) is 0 Å². The molecule has 0 saturated heterocycles. The van der Waals surface area contributed by atoms with Gasteiger partial charge in [0.2, 0.25) is 0 Å². The van der Waals surface area contributed by atoms with Crippen molar-refractivity contribution in [2.45, 2.75) is 40.7 Å². The van der Waals surface area contributed by atoms with Crippen molar-refractivity contribution in [1.29, 1.82) is 0 Å². The van der Waals surface area contributed by atoms with Crippen LogP contribution < -0.4 is 5.73 Å². The molecule has 1 aliphatic carbocycles. The largest absolute Gasteiger partial charge is 0.324 e. The molecule has 0 bridgehead atoms. The van der Waals surface area contributed by atoms with Gasteiger partial charge in [-0.25, -0.2) is 8.78 Å². The van der Waals surface area contributed by atoms with Crippen LogP contribution in [0.3, 0.4) is 0 Å². The molecule has 18 heavy (non-hydrogen) atoms. The summed E-state index contributed by atoms with van der Waals surface area (Å²) < 4.78 is 27.5. The first-order chi connectivity index (χ1) is 8.10. The molecule has 1 aliphatic rings. The third-order valence-electron chi connectivity index (χ3n) is 5.13. The Morgan fingerprint density at radius 1 is 1.06 bits per heavy atom. The fourth-order valence-electron chi connectivity index (χ4n) is 3.24. The second-order valence-corrected chi connectivity index (χ2v) is 6.57. The van der Waals surface area contributed by atoms with Gasteiger partial charge in [-0.2, -0.15) is 0 Å². The average Bonchev–Trinajstić information content (AvgIpc) is 2.62. The number of hydrogen-bond donors (Lipinski definition) is 1. The summed E-state index contributed by atoms with van der Waals surface area (Å²) in [5, 5.41) is 0. The highest BCUT2D eigenvalue weighted by Crippen LogP contribution is 2.71. The molecule has 100 valence electrons. The maximum Gasteiger partial charge on any atom is 0.128 e. The third kappa shape index (κ3) is 1.68. The Kier molecular flexibility index (Phi) is 2.82. The van der Waals surface area contributed by atoms with Crippen LogP contribution in [0.1, 0.15) is 44.9 Å². The Hall–Kier alpha value is -0.960. The molecule has 1 saturated carbocycles. The summed E-state index contributed by atoms with van der Waals surface area (Å²) in [7, 11) is 0. The van der Waals surface area contributed by atoms with Crippen LogP contribution in [0.15, 0.2) is 12.1 Å². The molecule has 0 aromatic heterocycles. The number of aryl methyl sites for hydroxylation is 1. The Balaban J connectivity index is 2.37. The van der Waals surface area contributed by atoms with E-state index in [-0.39, 0.29) is 16.7 Å². The quantitative estimate of drug-likeness (QED) is 0.848. The Labute approximate surface area is 107 Å². The van der Waals surface area contributed by atoms with Gasteiger partial charge in [-0.15, -0.1) is 0 Å². The zero-order valence-corrected chi connectivity index (χ0v) is 11.6. The molecule has 3 heteroatoms. The molecule has 1 fully saturated rings. The summed E-state index contributed by atoms with van der Waals surface area (Å²) in [6.07, 6.45) is 0. The first-order valence-electron chi connectivity index (χ1n) is 6.32. The lowest BCUT2D eigenvalue weighted by molar-refractivity contribution is 0.457. The molecule has 0 aliphatic heterocycles. The molecule has 1 nitrogen and oxygen atoms in total. The molecular weight excluding hydrogens is 232 g/mol. The van der Waals surface area contributed by atoms with Crippen LogP contribution in [0.5, 0.6) is 0 Å². The van der Waals surface area contributed by atoms with E-state index in [9.17, 15) is 8.78 Å². The monoisotopic (exact) mass is 253 g/mol.